The summed E-state index contributed by atoms with van der Waals surface area (Å²) in [6.07, 6.45) is 9.96. The van der Waals surface area contributed by atoms with E-state index in [1.54, 1.807) is 6.20 Å². The smallest absolute Gasteiger partial charge is 0.180 e. The molecular formula is C20H18N8S. The van der Waals surface area contributed by atoms with Crippen molar-refractivity contribution in [1.29, 1.82) is 0 Å². The molecule has 0 amide bonds. The van der Waals surface area contributed by atoms with E-state index in [1.807, 2.05) is 48.2 Å². The van der Waals surface area contributed by atoms with Crippen molar-refractivity contribution in [3.8, 4) is 11.3 Å². The van der Waals surface area contributed by atoms with Gasteiger partial charge in [0.05, 0.1) is 29.5 Å². The minimum absolute atomic E-state index is 0.698. The molecule has 5 aromatic rings. The zero-order valence-electron chi connectivity index (χ0n) is 15.9. The van der Waals surface area contributed by atoms with Crippen LogP contribution in [0.3, 0.4) is 0 Å². The number of H-pyrrole nitrogens is 1. The highest BCUT2D eigenvalue weighted by molar-refractivity contribution is 7.10. The largest absolute Gasteiger partial charge is 0.328 e. The van der Waals surface area contributed by atoms with Crippen molar-refractivity contribution in [1.82, 2.24) is 33.9 Å². The predicted molar refractivity (Wildman–Crippen MR) is 112 cm³/mol. The first-order valence-corrected chi connectivity index (χ1v) is 9.91. The second kappa shape index (κ2) is 7.10. The molecule has 0 atom stereocenters. The molecule has 0 saturated heterocycles. The number of hydrogen-bond acceptors (Lipinski definition) is 7. The standard InChI is InChI=1S/C20H18N8S/c1-12-3-4-21-15(5-12)6-16-7-18(29-27-16)26-19-20-22-10-17(14-8-23-24-9-14)28(20)11-13(2)25-19/h3-5,7-11H,6H2,1-2H3,(H,23,24)(H,25,26). The van der Waals surface area contributed by atoms with E-state index in [0.717, 1.165) is 39.0 Å². The number of nitrogens with zero attached hydrogens (tertiary/aromatic N) is 6. The summed E-state index contributed by atoms with van der Waals surface area (Å²) < 4.78 is 6.58. The van der Waals surface area contributed by atoms with Crippen molar-refractivity contribution in [2.24, 2.45) is 0 Å². The second-order valence-electron chi connectivity index (χ2n) is 6.86. The SMILES string of the molecule is Cc1ccnc(Cc2cc(Nc3nc(C)cn4c(-c5cn[nH]c5)cnc34)sn2)c1. The number of aryl methyl sites for hydroxylation is 2. The summed E-state index contributed by atoms with van der Waals surface area (Å²) in [7, 11) is 0. The van der Waals surface area contributed by atoms with Gasteiger partial charge in [-0.2, -0.15) is 9.47 Å². The van der Waals surface area contributed by atoms with Crippen molar-refractivity contribution < 1.29 is 0 Å². The van der Waals surface area contributed by atoms with Crippen molar-refractivity contribution in [2.45, 2.75) is 20.3 Å². The van der Waals surface area contributed by atoms with Gasteiger partial charge in [0.15, 0.2) is 11.5 Å². The quantitative estimate of drug-likeness (QED) is 0.462. The van der Waals surface area contributed by atoms with Crippen LogP contribution in [0.2, 0.25) is 0 Å². The molecule has 5 heterocycles. The minimum Gasteiger partial charge on any atom is -0.328 e. The zero-order valence-corrected chi connectivity index (χ0v) is 16.7. The molecular weight excluding hydrogens is 384 g/mol. The highest BCUT2D eigenvalue weighted by Crippen LogP contribution is 2.27. The molecule has 0 aliphatic heterocycles. The molecule has 9 heteroatoms. The maximum absolute atomic E-state index is 4.64. The number of hydrogen-bond donors (Lipinski definition) is 2. The van der Waals surface area contributed by atoms with Gasteiger partial charge in [-0.1, -0.05) is 0 Å². The number of anilines is 2. The van der Waals surface area contributed by atoms with E-state index in [4.69, 9.17) is 0 Å². The van der Waals surface area contributed by atoms with Crippen LogP contribution in [0.25, 0.3) is 16.9 Å². The Kier molecular flexibility index (Phi) is 4.28. The Morgan fingerprint density at radius 2 is 2.07 bits per heavy atom. The van der Waals surface area contributed by atoms with Crippen LogP contribution in [0.1, 0.15) is 22.6 Å². The number of pyridine rings is 1. The molecule has 144 valence electrons. The van der Waals surface area contributed by atoms with Gasteiger partial charge >= 0.3 is 0 Å². The fraction of sp³-hybridized carbons (Fsp3) is 0.150. The van der Waals surface area contributed by atoms with Crippen molar-refractivity contribution in [2.75, 3.05) is 5.32 Å². The monoisotopic (exact) mass is 402 g/mol. The maximum Gasteiger partial charge on any atom is 0.180 e. The van der Waals surface area contributed by atoms with Gasteiger partial charge in [-0.25, -0.2) is 9.97 Å². The van der Waals surface area contributed by atoms with Gasteiger partial charge in [0.2, 0.25) is 0 Å². The molecule has 0 aromatic carbocycles. The summed E-state index contributed by atoms with van der Waals surface area (Å²) in [6.45, 7) is 4.03. The van der Waals surface area contributed by atoms with E-state index >= 15 is 0 Å². The molecule has 0 radical (unpaired) electrons. The number of aromatic amines is 1. The second-order valence-corrected chi connectivity index (χ2v) is 7.67. The number of nitrogens with one attached hydrogen (secondary N) is 2. The lowest BCUT2D eigenvalue weighted by Gasteiger charge is -2.07. The minimum atomic E-state index is 0.698. The fourth-order valence-corrected chi connectivity index (χ4v) is 3.91. The molecule has 8 nitrogen and oxygen atoms in total. The zero-order chi connectivity index (χ0) is 19.8. The summed E-state index contributed by atoms with van der Waals surface area (Å²) in [5, 5.41) is 11.2. The first-order chi connectivity index (χ1) is 14.2. The van der Waals surface area contributed by atoms with Gasteiger partial charge in [0, 0.05) is 36.3 Å². The molecule has 5 aromatic heterocycles. The van der Waals surface area contributed by atoms with Crippen molar-refractivity contribution in [3.05, 3.63) is 71.8 Å². The molecule has 0 fully saturated rings. The molecule has 0 aliphatic rings. The Labute approximate surface area is 170 Å². The van der Waals surface area contributed by atoms with Crippen LogP contribution in [-0.4, -0.2) is 33.9 Å². The van der Waals surface area contributed by atoms with Gasteiger partial charge in [-0.05, 0) is 49.1 Å². The van der Waals surface area contributed by atoms with E-state index in [-0.39, 0.29) is 0 Å². The Morgan fingerprint density at radius 1 is 1.14 bits per heavy atom. The number of fused-ring (bicyclic) bond motifs is 1. The normalized spacial score (nSPS) is 11.2. The Morgan fingerprint density at radius 3 is 2.90 bits per heavy atom. The molecule has 5 rings (SSSR count). The van der Waals surface area contributed by atoms with E-state index in [9.17, 15) is 0 Å². The van der Waals surface area contributed by atoms with Gasteiger partial charge < -0.3 is 5.32 Å². The summed E-state index contributed by atoms with van der Waals surface area (Å²) in [5.74, 6) is 0.698. The third kappa shape index (κ3) is 3.47. The van der Waals surface area contributed by atoms with Crippen LogP contribution >= 0.6 is 11.5 Å². The molecule has 0 unspecified atom stereocenters. The Bertz CT molecular complexity index is 1290. The van der Waals surface area contributed by atoms with Gasteiger partial charge in [0.1, 0.15) is 5.00 Å². The predicted octanol–water partition coefficient (Wildman–Crippen LogP) is 3.92. The number of aromatic nitrogens is 7. The highest BCUT2D eigenvalue weighted by Gasteiger charge is 2.14. The first-order valence-electron chi connectivity index (χ1n) is 9.14. The van der Waals surface area contributed by atoms with E-state index in [2.05, 4.69) is 47.8 Å². The van der Waals surface area contributed by atoms with E-state index in [0.29, 0.717) is 12.2 Å². The topological polar surface area (TPSA) is 96.7 Å². The van der Waals surface area contributed by atoms with Gasteiger partial charge in [-0.15, -0.1) is 0 Å². The molecule has 2 N–H and O–H groups in total. The molecule has 0 spiro atoms. The lowest BCUT2D eigenvalue weighted by atomic mass is 10.2. The third-order valence-electron chi connectivity index (χ3n) is 4.54. The lowest BCUT2D eigenvalue weighted by molar-refractivity contribution is 1.04. The summed E-state index contributed by atoms with van der Waals surface area (Å²) >= 11 is 1.41. The molecule has 0 bridgehead atoms. The van der Waals surface area contributed by atoms with Gasteiger partial charge in [0.25, 0.3) is 0 Å². The van der Waals surface area contributed by atoms with Crippen molar-refractivity contribution in [3.63, 3.8) is 0 Å². The average Bonchev–Trinajstić information content (AvgIpc) is 3.42. The van der Waals surface area contributed by atoms with Crippen molar-refractivity contribution >= 4 is 28.0 Å². The number of rotatable bonds is 5. The van der Waals surface area contributed by atoms with Crippen LogP contribution in [-0.2, 0) is 6.42 Å². The van der Waals surface area contributed by atoms with Crippen LogP contribution in [0.15, 0.2) is 49.2 Å². The van der Waals surface area contributed by atoms with E-state index in [1.165, 1.54) is 17.1 Å². The maximum atomic E-state index is 4.64. The Balaban J connectivity index is 1.44. The van der Waals surface area contributed by atoms with Crippen LogP contribution in [0.5, 0.6) is 0 Å². The third-order valence-corrected chi connectivity index (χ3v) is 5.28. The lowest BCUT2D eigenvalue weighted by Crippen LogP contribution is -2.00. The van der Waals surface area contributed by atoms with Crippen LogP contribution in [0.4, 0.5) is 10.8 Å². The summed E-state index contributed by atoms with van der Waals surface area (Å²) in [5.41, 5.74) is 6.75. The average molecular weight is 402 g/mol. The Hall–Kier alpha value is -3.59. The molecule has 0 aliphatic carbocycles. The van der Waals surface area contributed by atoms with E-state index < -0.39 is 0 Å². The fourth-order valence-electron chi connectivity index (χ4n) is 3.25. The first kappa shape index (κ1) is 17.5. The summed E-state index contributed by atoms with van der Waals surface area (Å²) in [4.78, 5) is 13.6. The summed E-state index contributed by atoms with van der Waals surface area (Å²) in [6, 6.07) is 6.11. The highest BCUT2D eigenvalue weighted by atomic mass is 32.1. The van der Waals surface area contributed by atoms with Gasteiger partial charge in [-0.3, -0.25) is 14.5 Å². The molecule has 29 heavy (non-hydrogen) atoms. The van der Waals surface area contributed by atoms with Crippen LogP contribution in [0, 0.1) is 13.8 Å². The van der Waals surface area contributed by atoms with Crippen LogP contribution < -0.4 is 5.32 Å². The number of imidazole rings is 1. The molecule has 0 saturated carbocycles.